The SMILES string of the molecule is O=C(c1cc(S)ccc1Br)N1CCC[C@H]2CCCC[C@H]21. The fourth-order valence-corrected chi connectivity index (χ4v) is 4.33. The highest BCUT2D eigenvalue weighted by Gasteiger charge is 2.36. The van der Waals surface area contributed by atoms with Gasteiger partial charge in [-0.15, -0.1) is 12.6 Å². The maximum atomic E-state index is 12.9. The third-order valence-electron chi connectivity index (χ3n) is 4.68. The molecule has 0 radical (unpaired) electrons. The average Bonchev–Trinajstić information content (AvgIpc) is 2.48. The van der Waals surface area contributed by atoms with Gasteiger partial charge in [0.2, 0.25) is 0 Å². The second kappa shape index (κ2) is 6.10. The summed E-state index contributed by atoms with van der Waals surface area (Å²) in [5.74, 6) is 0.892. The Morgan fingerprint density at radius 3 is 2.80 bits per heavy atom. The number of benzene rings is 1. The number of nitrogens with zero attached hydrogens (tertiary/aromatic N) is 1. The van der Waals surface area contributed by atoms with E-state index in [2.05, 4.69) is 33.5 Å². The minimum atomic E-state index is 0.171. The highest BCUT2D eigenvalue weighted by Crippen LogP contribution is 2.36. The molecule has 2 fully saturated rings. The van der Waals surface area contributed by atoms with Gasteiger partial charge in [-0.2, -0.15) is 0 Å². The summed E-state index contributed by atoms with van der Waals surface area (Å²) in [7, 11) is 0. The van der Waals surface area contributed by atoms with Crippen LogP contribution in [0.4, 0.5) is 0 Å². The standard InChI is InChI=1S/C16H20BrNOS/c17-14-8-7-12(20)10-13(14)16(19)18-9-3-5-11-4-1-2-6-15(11)18/h7-8,10-11,15,20H,1-6,9H2/t11-,15-/m1/s1. The molecule has 1 saturated carbocycles. The van der Waals surface area contributed by atoms with E-state index in [4.69, 9.17) is 0 Å². The summed E-state index contributed by atoms with van der Waals surface area (Å²) < 4.78 is 0.873. The molecule has 1 aromatic rings. The van der Waals surface area contributed by atoms with Crippen LogP contribution in [0.3, 0.4) is 0 Å². The first kappa shape index (κ1) is 14.5. The summed E-state index contributed by atoms with van der Waals surface area (Å²) in [4.78, 5) is 15.9. The molecule has 2 aliphatic rings. The van der Waals surface area contributed by atoms with Crippen LogP contribution in [0, 0.1) is 5.92 Å². The monoisotopic (exact) mass is 353 g/mol. The maximum Gasteiger partial charge on any atom is 0.255 e. The topological polar surface area (TPSA) is 20.3 Å². The molecule has 2 atom stereocenters. The van der Waals surface area contributed by atoms with Crippen LogP contribution < -0.4 is 0 Å². The van der Waals surface area contributed by atoms with E-state index in [0.29, 0.717) is 6.04 Å². The predicted octanol–water partition coefficient (Wildman–Crippen LogP) is 4.53. The third kappa shape index (κ3) is 2.77. The molecular formula is C16H20BrNOS. The number of amides is 1. The Labute approximate surface area is 134 Å². The Hall–Kier alpha value is -0.480. The molecule has 0 unspecified atom stereocenters. The molecule has 108 valence electrons. The van der Waals surface area contributed by atoms with Crippen LogP contribution in [0.25, 0.3) is 0 Å². The lowest BCUT2D eigenvalue weighted by molar-refractivity contribution is 0.0389. The molecule has 1 heterocycles. The van der Waals surface area contributed by atoms with Crippen molar-refractivity contribution in [3.05, 3.63) is 28.2 Å². The number of carbonyl (C=O) groups is 1. The summed E-state index contributed by atoms with van der Waals surface area (Å²) in [5, 5.41) is 0. The van der Waals surface area contributed by atoms with Gasteiger partial charge in [0, 0.05) is 22.0 Å². The summed E-state index contributed by atoms with van der Waals surface area (Å²) >= 11 is 7.87. The van der Waals surface area contributed by atoms with Crippen molar-refractivity contribution in [1.29, 1.82) is 0 Å². The number of hydrogen-bond donors (Lipinski definition) is 1. The molecule has 1 aliphatic heterocycles. The Balaban J connectivity index is 1.87. The van der Waals surface area contributed by atoms with Crippen molar-refractivity contribution in [3.8, 4) is 0 Å². The number of piperidine rings is 1. The maximum absolute atomic E-state index is 12.9. The molecule has 0 aromatic heterocycles. The Morgan fingerprint density at radius 2 is 1.95 bits per heavy atom. The number of hydrogen-bond acceptors (Lipinski definition) is 2. The van der Waals surface area contributed by atoms with Crippen LogP contribution >= 0.6 is 28.6 Å². The van der Waals surface area contributed by atoms with E-state index in [-0.39, 0.29) is 5.91 Å². The zero-order valence-electron chi connectivity index (χ0n) is 11.5. The number of fused-ring (bicyclic) bond motifs is 1. The lowest BCUT2D eigenvalue weighted by Crippen LogP contribution is -2.49. The van der Waals surface area contributed by atoms with Crippen molar-refractivity contribution < 1.29 is 4.79 Å². The predicted molar refractivity (Wildman–Crippen MR) is 87.4 cm³/mol. The minimum Gasteiger partial charge on any atom is -0.335 e. The van der Waals surface area contributed by atoms with Gasteiger partial charge in [-0.25, -0.2) is 0 Å². The Bertz CT molecular complexity index is 517. The van der Waals surface area contributed by atoms with E-state index in [1.807, 2.05) is 18.2 Å². The van der Waals surface area contributed by atoms with Gasteiger partial charge < -0.3 is 4.90 Å². The lowest BCUT2D eigenvalue weighted by atomic mass is 9.78. The van der Waals surface area contributed by atoms with Gasteiger partial charge in [-0.05, 0) is 65.7 Å². The fourth-order valence-electron chi connectivity index (χ4n) is 3.71. The van der Waals surface area contributed by atoms with Gasteiger partial charge >= 0.3 is 0 Å². The zero-order chi connectivity index (χ0) is 14.1. The fraction of sp³-hybridized carbons (Fsp3) is 0.562. The van der Waals surface area contributed by atoms with Crippen LogP contribution in [-0.4, -0.2) is 23.4 Å². The molecule has 1 aliphatic carbocycles. The number of rotatable bonds is 1. The first-order chi connectivity index (χ1) is 9.66. The van der Waals surface area contributed by atoms with Gasteiger partial charge in [-0.3, -0.25) is 4.79 Å². The van der Waals surface area contributed by atoms with Crippen molar-refractivity contribution >= 4 is 34.5 Å². The molecule has 1 saturated heterocycles. The molecule has 2 nitrogen and oxygen atoms in total. The summed E-state index contributed by atoms with van der Waals surface area (Å²) in [6, 6.07) is 6.16. The van der Waals surface area contributed by atoms with Crippen molar-refractivity contribution in [3.63, 3.8) is 0 Å². The molecular weight excluding hydrogens is 334 g/mol. The summed E-state index contributed by atoms with van der Waals surface area (Å²) in [5.41, 5.74) is 0.753. The van der Waals surface area contributed by atoms with Crippen molar-refractivity contribution in [2.45, 2.75) is 49.5 Å². The van der Waals surface area contributed by atoms with Crippen molar-refractivity contribution in [2.75, 3.05) is 6.54 Å². The lowest BCUT2D eigenvalue weighted by Gasteiger charge is -2.44. The number of carbonyl (C=O) groups excluding carboxylic acids is 1. The Morgan fingerprint density at radius 1 is 1.20 bits per heavy atom. The largest absolute Gasteiger partial charge is 0.335 e. The molecule has 1 aromatic carbocycles. The van der Waals surface area contributed by atoms with Crippen LogP contribution in [0.15, 0.2) is 27.6 Å². The minimum absolute atomic E-state index is 0.171. The van der Waals surface area contributed by atoms with E-state index in [9.17, 15) is 4.79 Å². The quantitative estimate of drug-likeness (QED) is 0.735. The number of thiol groups is 1. The summed E-state index contributed by atoms with van der Waals surface area (Å²) in [6.07, 6.45) is 7.50. The van der Waals surface area contributed by atoms with Crippen LogP contribution in [0.5, 0.6) is 0 Å². The van der Waals surface area contributed by atoms with Crippen LogP contribution in [-0.2, 0) is 0 Å². The third-order valence-corrected chi connectivity index (χ3v) is 5.65. The van der Waals surface area contributed by atoms with Crippen LogP contribution in [0.1, 0.15) is 48.9 Å². The van der Waals surface area contributed by atoms with E-state index in [1.54, 1.807) is 0 Å². The Kier molecular flexibility index (Phi) is 4.41. The molecule has 0 N–H and O–H groups in total. The van der Waals surface area contributed by atoms with Gasteiger partial charge in [0.25, 0.3) is 5.91 Å². The van der Waals surface area contributed by atoms with Crippen molar-refractivity contribution in [2.24, 2.45) is 5.92 Å². The van der Waals surface area contributed by atoms with Gasteiger partial charge in [0.1, 0.15) is 0 Å². The van der Waals surface area contributed by atoms with Crippen LogP contribution in [0.2, 0.25) is 0 Å². The van der Waals surface area contributed by atoms with E-state index in [1.165, 1.54) is 32.1 Å². The number of halogens is 1. The smallest absolute Gasteiger partial charge is 0.255 e. The van der Waals surface area contributed by atoms with Gasteiger partial charge in [0.05, 0.1) is 5.56 Å². The average molecular weight is 354 g/mol. The molecule has 1 amide bonds. The second-order valence-corrected chi connectivity index (χ2v) is 7.29. The number of likely N-dealkylation sites (tertiary alicyclic amines) is 1. The molecule has 4 heteroatoms. The van der Waals surface area contributed by atoms with E-state index >= 15 is 0 Å². The highest BCUT2D eigenvalue weighted by atomic mass is 79.9. The van der Waals surface area contributed by atoms with E-state index < -0.39 is 0 Å². The first-order valence-electron chi connectivity index (χ1n) is 7.46. The molecule has 20 heavy (non-hydrogen) atoms. The second-order valence-electron chi connectivity index (χ2n) is 5.92. The zero-order valence-corrected chi connectivity index (χ0v) is 14.0. The molecule has 3 rings (SSSR count). The van der Waals surface area contributed by atoms with Crippen molar-refractivity contribution in [1.82, 2.24) is 4.90 Å². The normalized spacial score (nSPS) is 26.2. The van der Waals surface area contributed by atoms with E-state index in [0.717, 1.165) is 33.8 Å². The first-order valence-corrected chi connectivity index (χ1v) is 8.70. The molecule has 0 bridgehead atoms. The van der Waals surface area contributed by atoms with Gasteiger partial charge in [0.15, 0.2) is 0 Å². The summed E-state index contributed by atoms with van der Waals surface area (Å²) in [6.45, 7) is 0.906. The van der Waals surface area contributed by atoms with Gasteiger partial charge in [-0.1, -0.05) is 12.8 Å². The highest BCUT2D eigenvalue weighted by molar-refractivity contribution is 9.10. The molecule has 0 spiro atoms.